The predicted octanol–water partition coefficient (Wildman–Crippen LogP) is -5.90. The van der Waals surface area contributed by atoms with Gasteiger partial charge < -0.3 is 53.1 Å². The Labute approximate surface area is 89.2 Å². The van der Waals surface area contributed by atoms with Crippen molar-refractivity contribution in [3.8, 4) is 0 Å². The summed E-state index contributed by atoms with van der Waals surface area (Å²) in [4.78, 5) is 9.00. The van der Waals surface area contributed by atoms with Crippen molar-refractivity contribution >= 4 is 5.97 Å². The van der Waals surface area contributed by atoms with E-state index >= 15 is 0 Å². The minimum atomic E-state index is -0.833. The van der Waals surface area contributed by atoms with Crippen LogP contribution in [0.25, 0.3) is 0 Å². The van der Waals surface area contributed by atoms with Crippen LogP contribution in [0.5, 0.6) is 0 Å². The Morgan fingerprint density at radius 3 is 1.43 bits per heavy atom. The van der Waals surface area contributed by atoms with Gasteiger partial charge in [-0.2, -0.15) is 0 Å². The second-order valence-corrected chi connectivity index (χ2v) is 0.519. The van der Waals surface area contributed by atoms with Crippen LogP contribution in [-0.4, -0.2) is 11.1 Å². The molecule has 0 fully saturated rings. The number of carbonyl (C=O) groups is 1. The van der Waals surface area contributed by atoms with Gasteiger partial charge in [0.05, 0.1) is 0 Å². The maximum absolute atomic E-state index is 9.00. The zero-order valence-electron chi connectivity index (χ0n) is 3.82. The van der Waals surface area contributed by atoms with Crippen molar-refractivity contribution in [3.63, 3.8) is 0 Å². The van der Waals surface area contributed by atoms with Crippen LogP contribution >= 0.6 is 0 Å². The third-order valence-corrected chi connectivity index (χ3v) is 0. The van der Waals surface area contributed by atoms with Crippen LogP contribution in [0, 0.1) is 0 Å². The van der Waals surface area contributed by atoms with Crippen LogP contribution in [0.15, 0.2) is 0 Å². The van der Waals surface area contributed by atoms with Crippen LogP contribution in [0.2, 0.25) is 0 Å². The predicted molar refractivity (Wildman–Crippen MR) is 13.3 cm³/mol. The van der Waals surface area contributed by atoms with Crippen molar-refractivity contribution in [2.45, 2.75) is 6.92 Å². The van der Waals surface area contributed by atoms with Gasteiger partial charge in [0.15, 0.2) is 0 Å². The maximum Gasteiger partial charge on any atom is 2.00 e. The molecule has 0 spiro atoms. The van der Waals surface area contributed by atoms with E-state index < -0.39 is 5.97 Å². The SMILES string of the molecule is CC(=O)O.[I-].[I-].[Zn+2]. The molecule has 0 bridgehead atoms. The third kappa shape index (κ3) is 96.5. The molecule has 0 aromatic heterocycles. The van der Waals surface area contributed by atoms with Crippen LogP contribution in [0.4, 0.5) is 0 Å². The zero-order valence-corrected chi connectivity index (χ0v) is 11.1. The number of halogens is 2. The molecule has 40 valence electrons. The molecule has 0 unspecified atom stereocenters. The van der Waals surface area contributed by atoms with Crippen molar-refractivity contribution < 1.29 is 77.3 Å². The topological polar surface area (TPSA) is 37.3 Å². The second-order valence-electron chi connectivity index (χ2n) is 0.519. The van der Waals surface area contributed by atoms with E-state index in [0.717, 1.165) is 6.92 Å². The molecule has 0 aliphatic carbocycles. The molecule has 1 N–H and O–H groups in total. The Morgan fingerprint density at radius 1 is 1.43 bits per heavy atom. The molecule has 0 radical (unpaired) electrons. The molecule has 5 heteroatoms. The van der Waals surface area contributed by atoms with Crippen LogP contribution in [-0.2, 0) is 24.3 Å². The smallest absolute Gasteiger partial charge is 1.00 e. The van der Waals surface area contributed by atoms with Crippen LogP contribution < -0.4 is 48.0 Å². The Balaban J connectivity index is -0.0000000150. The summed E-state index contributed by atoms with van der Waals surface area (Å²) in [7, 11) is 0. The van der Waals surface area contributed by atoms with Gasteiger partial charge in [-0.3, -0.25) is 4.79 Å². The van der Waals surface area contributed by atoms with Gasteiger partial charge in [-0.1, -0.05) is 0 Å². The quantitative estimate of drug-likeness (QED) is 0.336. The van der Waals surface area contributed by atoms with Crippen molar-refractivity contribution in [1.29, 1.82) is 0 Å². The molecule has 0 amide bonds. The van der Waals surface area contributed by atoms with E-state index in [1.54, 1.807) is 0 Å². The molecule has 0 atom stereocenters. The van der Waals surface area contributed by atoms with E-state index in [1.165, 1.54) is 0 Å². The Bertz CT molecular complexity index is 36.7. The Kier molecular flexibility index (Phi) is 52.6. The third-order valence-electron chi connectivity index (χ3n) is 0. The first-order valence-electron chi connectivity index (χ1n) is 0.928. The fourth-order valence-electron chi connectivity index (χ4n) is 0. The van der Waals surface area contributed by atoms with Gasteiger partial charge in [0, 0.05) is 6.92 Å². The Hall–Kier alpha value is 1.55. The first-order valence-corrected chi connectivity index (χ1v) is 0.928. The number of hydrogen-bond donors (Lipinski definition) is 1. The molecule has 0 rings (SSSR count). The normalized spacial score (nSPS) is 3.57. The molecule has 0 aromatic rings. The number of hydrogen-bond acceptors (Lipinski definition) is 1. The van der Waals surface area contributed by atoms with Gasteiger partial charge in [0.1, 0.15) is 0 Å². The molecule has 0 saturated heterocycles. The minimum absolute atomic E-state index is 0. The standard InChI is InChI=1S/C2H4O2.2HI.Zn/c1-2(3)4;;;/h1H3,(H,3,4);2*1H;/q;;;+2/p-2. The summed E-state index contributed by atoms with van der Waals surface area (Å²) >= 11 is 0. The first-order chi connectivity index (χ1) is 1.73. The number of rotatable bonds is 0. The average Bonchev–Trinajstić information content (AvgIpc) is 0.811. The summed E-state index contributed by atoms with van der Waals surface area (Å²) in [6.07, 6.45) is 0. The molecule has 0 heterocycles. The van der Waals surface area contributed by atoms with E-state index in [-0.39, 0.29) is 67.4 Å². The second kappa shape index (κ2) is 15.6. The van der Waals surface area contributed by atoms with E-state index in [9.17, 15) is 0 Å². The van der Waals surface area contributed by atoms with Gasteiger partial charge >= 0.3 is 19.5 Å². The minimum Gasteiger partial charge on any atom is -1.00 e. The maximum atomic E-state index is 9.00. The van der Waals surface area contributed by atoms with E-state index in [0.29, 0.717) is 0 Å². The fourth-order valence-corrected chi connectivity index (χ4v) is 0. The van der Waals surface area contributed by atoms with Gasteiger partial charge in [-0.15, -0.1) is 0 Å². The summed E-state index contributed by atoms with van der Waals surface area (Å²) in [5, 5.41) is 7.42. The number of aliphatic carboxylic acids is 1. The van der Waals surface area contributed by atoms with Crippen molar-refractivity contribution in [2.24, 2.45) is 0 Å². The molecular formula is C2H4I2O2Zn. The van der Waals surface area contributed by atoms with Crippen molar-refractivity contribution in [3.05, 3.63) is 0 Å². The van der Waals surface area contributed by atoms with Crippen molar-refractivity contribution in [1.82, 2.24) is 0 Å². The number of carboxylic acids is 1. The van der Waals surface area contributed by atoms with Crippen molar-refractivity contribution in [2.75, 3.05) is 0 Å². The van der Waals surface area contributed by atoms with Gasteiger partial charge in [0.2, 0.25) is 0 Å². The summed E-state index contributed by atoms with van der Waals surface area (Å²) in [5.41, 5.74) is 0. The first kappa shape index (κ1) is 23.5. The van der Waals surface area contributed by atoms with Crippen LogP contribution in [0.1, 0.15) is 6.92 Å². The van der Waals surface area contributed by atoms with E-state index in [1.807, 2.05) is 0 Å². The molecule has 0 aliphatic heterocycles. The molecule has 2 nitrogen and oxygen atoms in total. The molecular weight excluding hydrogens is 375 g/mol. The molecule has 0 aliphatic rings. The fraction of sp³-hybridized carbons (Fsp3) is 0.500. The molecule has 0 saturated carbocycles. The molecule has 7 heavy (non-hydrogen) atoms. The summed E-state index contributed by atoms with van der Waals surface area (Å²) in [5.74, 6) is -0.833. The summed E-state index contributed by atoms with van der Waals surface area (Å²) in [6, 6.07) is 0. The Morgan fingerprint density at radius 2 is 1.43 bits per heavy atom. The van der Waals surface area contributed by atoms with Crippen LogP contribution in [0.3, 0.4) is 0 Å². The number of carboxylic acid groups (broad SMARTS) is 1. The van der Waals surface area contributed by atoms with E-state index in [2.05, 4.69) is 0 Å². The summed E-state index contributed by atoms with van der Waals surface area (Å²) < 4.78 is 0. The molecule has 0 aromatic carbocycles. The van der Waals surface area contributed by atoms with Gasteiger partial charge in [-0.05, 0) is 0 Å². The average molecular weight is 379 g/mol. The van der Waals surface area contributed by atoms with E-state index in [4.69, 9.17) is 9.90 Å². The summed E-state index contributed by atoms with van der Waals surface area (Å²) in [6.45, 7) is 1.08. The zero-order chi connectivity index (χ0) is 3.58. The van der Waals surface area contributed by atoms with Gasteiger partial charge in [0.25, 0.3) is 5.97 Å². The largest absolute Gasteiger partial charge is 2.00 e. The monoisotopic (exact) mass is 378 g/mol. The van der Waals surface area contributed by atoms with Gasteiger partial charge in [-0.25, -0.2) is 0 Å².